The van der Waals surface area contributed by atoms with Crippen LogP contribution >= 0.6 is 7.82 Å². The van der Waals surface area contributed by atoms with Crippen LogP contribution in [0.2, 0.25) is 0 Å². The van der Waals surface area contributed by atoms with Crippen LogP contribution in [0.3, 0.4) is 0 Å². The van der Waals surface area contributed by atoms with Crippen molar-refractivity contribution in [1.29, 1.82) is 0 Å². The predicted octanol–water partition coefficient (Wildman–Crippen LogP) is 7.07. The van der Waals surface area contributed by atoms with Gasteiger partial charge >= 0.3 is 7.82 Å². The fourth-order valence-electron chi connectivity index (χ4n) is 3.97. The maximum Gasteiger partial charge on any atom is 0.584 e. The monoisotopic (exact) mass is 424 g/mol. The van der Waals surface area contributed by atoms with Gasteiger partial charge in [0.1, 0.15) is 11.5 Å². The minimum atomic E-state index is -4.39. The average molecular weight is 424 g/mol. The lowest BCUT2D eigenvalue weighted by Gasteiger charge is -2.22. The van der Waals surface area contributed by atoms with Crippen molar-refractivity contribution >= 4 is 7.82 Å². The van der Waals surface area contributed by atoms with Crippen LogP contribution in [0.15, 0.2) is 42.5 Å². The lowest BCUT2D eigenvalue weighted by molar-refractivity contribution is 0.289. The molecule has 4 nitrogen and oxygen atoms in total. The molecule has 0 aromatic heterocycles. The molecule has 0 saturated carbocycles. The van der Waals surface area contributed by atoms with Gasteiger partial charge in [-0.05, 0) is 99.0 Å². The Kier molecular flexibility index (Phi) is 6.12. The molecule has 0 bridgehead atoms. The molecular formula is C25H29O4P. The lowest BCUT2D eigenvalue weighted by Crippen LogP contribution is -2.05. The molecule has 1 N–H and O–H groups in total. The van der Waals surface area contributed by atoms with Gasteiger partial charge in [0.25, 0.3) is 0 Å². The highest BCUT2D eigenvalue weighted by molar-refractivity contribution is 7.48. The van der Waals surface area contributed by atoms with E-state index in [1.807, 2.05) is 52.0 Å². The third kappa shape index (κ3) is 4.45. The van der Waals surface area contributed by atoms with Crippen molar-refractivity contribution < 1.29 is 18.5 Å². The van der Waals surface area contributed by atoms with Crippen molar-refractivity contribution in [2.75, 3.05) is 0 Å². The van der Waals surface area contributed by atoms with E-state index in [0.717, 1.165) is 50.1 Å². The highest BCUT2D eigenvalue weighted by Crippen LogP contribution is 2.49. The summed E-state index contributed by atoms with van der Waals surface area (Å²) >= 11 is 0. The van der Waals surface area contributed by atoms with Crippen molar-refractivity contribution in [2.24, 2.45) is 0 Å². The summed E-state index contributed by atoms with van der Waals surface area (Å²) in [6.45, 7) is 13.7. The number of hydrogen-bond donors (Lipinski definition) is 1. The fraction of sp³-hybridized carbons (Fsp3) is 0.280. The smallest absolute Gasteiger partial charge is 0.395 e. The van der Waals surface area contributed by atoms with Gasteiger partial charge in [0.2, 0.25) is 0 Å². The first-order chi connectivity index (χ1) is 14.0. The Hall–Kier alpha value is -2.55. The Labute approximate surface area is 179 Å². The first-order valence-corrected chi connectivity index (χ1v) is 11.5. The van der Waals surface area contributed by atoms with Crippen molar-refractivity contribution in [3.05, 3.63) is 81.4 Å². The zero-order valence-corrected chi connectivity index (χ0v) is 19.6. The summed E-state index contributed by atoms with van der Waals surface area (Å²) in [6.07, 6.45) is 0. The van der Waals surface area contributed by atoms with E-state index in [9.17, 15) is 9.46 Å². The molecule has 5 heteroatoms. The quantitative estimate of drug-likeness (QED) is 0.445. The highest BCUT2D eigenvalue weighted by atomic mass is 31.2. The highest BCUT2D eigenvalue weighted by Gasteiger charge is 2.29. The largest absolute Gasteiger partial charge is 0.584 e. The SMILES string of the molecule is Cc1ccc(C)c(OP(=O)(O)Oc2c(C)cc(C)c(-c3c(C)cccc3C)c2C)c1. The molecule has 0 amide bonds. The van der Waals surface area contributed by atoms with E-state index in [1.54, 1.807) is 6.07 Å². The fourth-order valence-corrected chi connectivity index (χ4v) is 4.96. The molecular weight excluding hydrogens is 395 g/mol. The van der Waals surface area contributed by atoms with Crippen LogP contribution in [0.1, 0.15) is 38.9 Å². The molecule has 1 unspecified atom stereocenters. The van der Waals surface area contributed by atoms with Gasteiger partial charge in [0.05, 0.1) is 0 Å². The number of rotatable bonds is 5. The summed E-state index contributed by atoms with van der Waals surface area (Å²) in [5.41, 5.74) is 8.87. The summed E-state index contributed by atoms with van der Waals surface area (Å²) in [5, 5.41) is 0. The maximum atomic E-state index is 12.9. The molecule has 3 aromatic carbocycles. The molecule has 0 aliphatic rings. The van der Waals surface area contributed by atoms with Crippen LogP contribution in [-0.4, -0.2) is 4.89 Å². The summed E-state index contributed by atoms with van der Waals surface area (Å²) in [6, 6.07) is 13.7. The molecule has 0 fully saturated rings. The molecule has 0 heterocycles. The second-order valence-corrected chi connectivity index (χ2v) is 9.33. The molecule has 0 spiro atoms. The molecule has 3 aromatic rings. The van der Waals surface area contributed by atoms with E-state index in [2.05, 4.69) is 32.9 Å². The first-order valence-electron chi connectivity index (χ1n) is 9.97. The van der Waals surface area contributed by atoms with Crippen LogP contribution in [0.25, 0.3) is 11.1 Å². The standard InChI is InChI=1S/C25H29O4P/c1-15-11-12-16(2)22(13-15)28-30(26,27)29-25-20(6)14-19(5)24(21(25)7)23-17(3)9-8-10-18(23)4/h8-14H,1-7H3,(H,26,27). The van der Waals surface area contributed by atoms with Gasteiger partial charge in [-0.25, -0.2) is 4.57 Å². The molecule has 0 aliphatic heterocycles. The third-order valence-electron chi connectivity index (χ3n) is 5.40. The Morgan fingerprint density at radius 2 is 1.33 bits per heavy atom. The Bertz CT molecular complexity index is 1140. The van der Waals surface area contributed by atoms with Crippen molar-refractivity contribution in [3.63, 3.8) is 0 Å². The molecule has 0 aliphatic carbocycles. The predicted molar refractivity (Wildman–Crippen MR) is 123 cm³/mol. The maximum absolute atomic E-state index is 12.9. The third-order valence-corrected chi connectivity index (χ3v) is 6.24. The van der Waals surface area contributed by atoms with E-state index in [-0.39, 0.29) is 0 Å². The van der Waals surface area contributed by atoms with Gasteiger partial charge in [-0.2, -0.15) is 0 Å². The number of aryl methyl sites for hydroxylation is 6. The molecule has 30 heavy (non-hydrogen) atoms. The van der Waals surface area contributed by atoms with Gasteiger partial charge < -0.3 is 9.05 Å². The van der Waals surface area contributed by atoms with Gasteiger partial charge in [0.15, 0.2) is 0 Å². The van der Waals surface area contributed by atoms with Crippen LogP contribution < -0.4 is 9.05 Å². The second-order valence-electron chi connectivity index (χ2n) is 8.03. The van der Waals surface area contributed by atoms with E-state index in [0.29, 0.717) is 11.5 Å². The van der Waals surface area contributed by atoms with Crippen LogP contribution in [0.5, 0.6) is 11.5 Å². The zero-order chi connectivity index (χ0) is 22.2. The Morgan fingerprint density at radius 3 is 1.97 bits per heavy atom. The van der Waals surface area contributed by atoms with Gasteiger partial charge in [-0.1, -0.05) is 36.4 Å². The van der Waals surface area contributed by atoms with Crippen LogP contribution in [-0.2, 0) is 4.57 Å². The summed E-state index contributed by atoms with van der Waals surface area (Å²) < 4.78 is 24.0. The number of hydrogen-bond acceptors (Lipinski definition) is 3. The Morgan fingerprint density at radius 1 is 0.700 bits per heavy atom. The lowest BCUT2D eigenvalue weighted by atomic mass is 9.88. The minimum absolute atomic E-state index is 0.346. The molecule has 0 radical (unpaired) electrons. The van der Waals surface area contributed by atoms with Crippen LogP contribution in [0.4, 0.5) is 0 Å². The average Bonchev–Trinajstić information content (AvgIpc) is 2.64. The molecule has 158 valence electrons. The normalized spacial score (nSPS) is 13.1. The van der Waals surface area contributed by atoms with E-state index >= 15 is 0 Å². The van der Waals surface area contributed by atoms with Crippen molar-refractivity contribution in [1.82, 2.24) is 0 Å². The van der Waals surface area contributed by atoms with Crippen molar-refractivity contribution in [2.45, 2.75) is 48.5 Å². The molecule has 0 saturated heterocycles. The Balaban J connectivity index is 2.06. The van der Waals surface area contributed by atoms with E-state index in [1.165, 1.54) is 0 Å². The van der Waals surface area contributed by atoms with Gasteiger partial charge in [-0.3, -0.25) is 4.89 Å². The van der Waals surface area contributed by atoms with Crippen LogP contribution in [0, 0.1) is 48.5 Å². The summed E-state index contributed by atoms with van der Waals surface area (Å²) in [4.78, 5) is 10.5. The van der Waals surface area contributed by atoms with Crippen molar-refractivity contribution in [3.8, 4) is 22.6 Å². The molecule has 1 atom stereocenters. The van der Waals surface area contributed by atoms with E-state index < -0.39 is 7.82 Å². The summed E-state index contributed by atoms with van der Waals surface area (Å²) in [7, 11) is -4.39. The molecule has 3 rings (SSSR count). The minimum Gasteiger partial charge on any atom is -0.395 e. The van der Waals surface area contributed by atoms with Gasteiger partial charge in [-0.15, -0.1) is 0 Å². The first kappa shape index (κ1) is 22.1. The van der Waals surface area contributed by atoms with Gasteiger partial charge in [0, 0.05) is 5.56 Å². The second kappa shape index (κ2) is 8.29. The number of benzene rings is 3. The zero-order valence-electron chi connectivity index (χ0n) is 18.7. The number of phosphoric acid groups is 1. The number of phosphoric ester groups is 1. The topological polar surface area (TPSA) is 55.8 Å². The van der Waals surface area contributed by atoms with E-state index in [4.69, 9.17) is 9.05 Å². The summed E-state index contributed by atoms with van der Waals surface area (Å²) in [5.74, 6) is 0.729.